The summed E-state index contributed by atoms with van der Waals surface area (Å²) in [6.45, 7) is 1.79. The SMILES string of the molecule is Cc1cn[nH]c1NC(=O)c1c(F)cccc1Br. The zero-order chi connectivity index (χ0) is 12.4. The average Bonchev–Trinajstić information content (AvgIpc) is 2.64. The molecule has 2 N–H and O–H groups in total. The maximum absolute atomic E-state index is 13.5. The molecule has 0 radical (unpaired) electrons. The van der Waals surface area contributed by atoms with Crippen molar-refractivity contribution in [3.63, 3.8) is 0 Å². The van der Waals surface area contributed by atoms with Gasteiger partial charge in [0.1, 0.15) is 11.6 Å². The minimum absolute atomic E-state index is 0.0264. The molecule has 17 heavy (non-hydrogen) atoms. The number of halogens is 2. The number of rotatable bonds is 2. The summed E-state index contributed by atoms with van der Waals surface area (Å²) in [6.07, 6.45) is 1.58. The molecule has 4 nitrogen and oxygen atoms in total. The number of H-pyrrole nitrogens is 1. The van der Waals surface area contributed by atoms with Crippen LogP contribution in [0.15, 0.2) is 28.9 Å². The third-order valence-corrected chi connectivity index (χ3v) is 2.92. The van der Waals surface area contributed by atoms with E-state index in [0.717, 1.165) is 5.56 Å². The molecule has 2 aromatic rings. The highest BCUT2D eigenvalue weighted by atomic mass is 79.9. The summed E-state index contributed by atoms with van der Waals surface area (Å²) in [7, 11) is 0. The molecule has 0 saturated heterocycles. The summed E-state index contributed by atoms with van der Waals surface area (Å²) in [5, 5.41) is 8.95. The first kappa shape index (κ1) is 11.8. The van der Waals surface area contributed by atoms with Crippen LogP contribution in [0.5, 0.6) is 0 Å². The van der Waals surface area contributed by atoms with Crippen molar-refractivity contribution < 1.29 is 9.18 Å². The summed E-state index contributed by atoms with van der Waals surface area (Å²) in [5.41, 5.74) is 0.757. The number of aromatic nitrogens is 2. The topological polar surface area (TPSA) is 57.8 Å². The van der Waals surface area contributed by atoms with E-state index in [1.807, 2.05) is 0 Å². The van der Waals surface area contributed by atoms with Gasteiger partial charge in [-0.05, 0) is 35.0 Å². The highest BCUT2D eigenvalue weighted by Gasteiger charge is 2.16. The maximum Gasteiger partial charge on any atom is 0.260 e. The molecule has 1 heterocycles. The molecule has 0 saturated carbocycles. The molecule has 6 heteroatoms. The van der Waals surface area contributed by atoms with Crippen LogP contribution in [0.4, 0.5) is 10.2 Å². The molecule has 0 aliphatic rings. The van der Waals surface area contributed by atoms with E-state index in [-0.39, 0.29) is 5.56 Å². The van der Waals surface area contributed by atoms with Crippen LogP contribution in [0, 0.1) is 12.7 Å². The number of hydrogen-bond acceptors (Lipinski definition) is 2. The fourth-order valence-corrected chi connectivity index (χ4v) is 1.89. The van der Waals surface area contributed by atoms with Crippen LogP contribution in [-0.4, -0.2) is 16.1 Å². The highest BCUT2D eigenvalue weighted by Crippen LogP contribution is 2.21. The maximum atomic E-state index is 13.5. The predicted molar refractivity (Wildman–Crippen MR) is 65.4 cm³/mol. The molecule has 2 rings (SSSR count). The number of nitrogens with one attached hydrogen (secondary N) is 2. The van der Waals surface area contributed by atoms with Crippen LogP contribution in [0.1, 0.15) is 15.9 Å². The summed E-state index contributed by atoms with van der Waals surface area (Å²) >= 11 is 3.14. The Labute approximate surface area is 105 Å². The van der Waals surface area contributed by atoms with Gasteiger partial charge in [0.2, 0.25) is 0 Å². The third-order valence-electron chi connectivity index (χ3n) is 2.26. The third kappa shape index (κ3) is 2.36. The van der Waals surface area contributed by atoms with Gasteiger partial charge in [0.15, 0.2) is 0 Å². The van der Waals surface area contributed by atoms with Crippen LogP contribution < -0.4 is 5.32 Å². The lowest BCUT2D eigenvalue weighted by molar-refractivity contribution is 0.102. The van der Waals surface area contributed by atoms with Crippen molar-refractivity contribution in [2.75, 3.05) is 5.32 Å². The van der Waals surface area contributed by atoms with Gasteiger partial charge in [0, 0.05) is 10.0 Å². The monoisotopic (exact) mass is 297 g/mol. The number of amides is 1. The lowest BCUT2D eigenvalue weighted by Gasteiger charge is -2.06. The van der Waals surface area contributed by atoms with Crippen LogP contribution in [0.3, 0.4) is 0 Å². The van der Waals surface area contributed by atoms with Crippen molar-refractivity contribution in [3.8, 4) is 0 Å². The number of hydrogen-bond donors (Lipinski definition) is 2. The number of nitrogens with zero attached hydrogens (tertiary/aromatic N) is 1. The highest BCUT2D eigenvalue weighted by molar-refractivity contribution is 9.10. The Balaban J connectivity index is 2.30. The van der Waals surface area contributed by atoms with Crippen molar-refractivity contribution >= 4 is 27.7 Å². The molecule has 1 aromatic heterocycles. The van der Waals surface area contributed by atoms with Crippen molar-refractivity contribution in [2.45, 2.75) is 6.92 Å². The first-order chi connectivity index (χ1) is 8.09. The van der Waals surface area contributed by atoms with E-state index in [0.29, 0.717) is 10.3 Å². The van der Waals surface area contributed by atoms with Crippen molar-refractivity contribution in [1.82, 2.24) is 10.2 Å². The van der Waals surface area contributed by atoms with E-state index in [1.165, 1.54) is 12.1 Å². The van der Waals surface area contributed by atoms with E-state index in [1.54, 1.807) is 19.2 Å². The zero-order valence-electron chi connectivity index (χ0n) is 8.92. The number of benzene rings is 1. The van der Waals surface area contributed by atoms with Crippen molar-refractivity contribution in [1.29, 1.82) is 0 Å². The minimum atomic E-state index is -0.575. The first-order valence-corrected chi connectivity index (χ1v) is 5.64. The van der Waals surface area contributed by atoms with Crippen LogP contribution in [0.25, 0.3) is 0 Å². The summed E-state index contributed by atoms with van der Waals surface area (Å²) in [4.78, 5) is 11.9. The summed E-state index contributed by atoms with van der Waals surface area (Å²) in [5.74, 6) is -0.637. The Kier molecular flexibility index (Phi) is 3.23. The molecule has 88 valence electrons. The van der Waals surface area contributed by atoms with Gasteiger partial charge < -0.3 is 5.32 Å². The molecule has 0 bridgehead atoms. The van der Waals surface area contributed by atoms with E-state index < -0.39 is 11.7 Å². The Bertz CT molecular complexity index is 547. The van der Waals surface area contributed by atoms with Gasteiger partial charge in [-0.2, -0.15) is 5.10 Å². The molecule has 0 spiro atoms. The lowest BCUT2D eigenvalue weighted by atomic mass is 10.2. The molecule has 0 fully saturated rings. The Morgan fingerprint density at radius 2 is 2.29 bits per heavy atom. The molecule has 1 amide bonds. The standard InChI is InChI=1S/C11H9BrFN3O/c1-6-5-14-16-10(6)15-11(17)9-7(12)3-2-4-8(9)13/h2-5H,1H3,(H2,14,15,16,17). The second-order valence-electron chi connectivity index (χ2n) is 3.48. The number of aryl methyl sites for hydroxylation is 1. The normalized spacial score (nSPS) is 10.3. The number of aromatic amines is 1. The number of carbonyl (C=O) groups excluding carboxylic acids is 1. The summed E-state index contributed by atoms with van der Waals surface area (Å²) in [6, 6.07) is 4.37. The van der Waals surface area contributed by atoms with Crippen molar-refractivity contribution in [2.24, 2.45) is 0 Å². The summed E-state index contributed by atoms with van der Waals surface area (Å²) < 4.78 is 13.9. The van der Waals surface area contributed by atoms with Gasteiger partial charge >= 0.3 is 0 Å². The smallest absolute Gasteiger partial charge is 0.260 e. The van der Waals surface area contributed by atoms with Gasteiger partial charge in [0.25, 0.3) is 5.91 Å². The fourth-order valence-electron chi connectivity index (χ4n) is 1.36. The molecule has 0 aliphatic carbocycles. The van der Waals surface area contributed by atoms with Gasteiger partial charge in [-0.3, -0.25) is 9.89 Å². The largest absolute Gasteiger partial charge is 0.307 e. The molecule has 0 unspecified atom stereocenters. The molecule has 1 aromatic carbocycles. The van der Waals surface area contributed by atoms with E-state index in [2.05, 4.69) is 31.4 Å². The second-order valence-corrected chi connectivity index (χ2v) is 4.33. The first-order valence-electron chi connectivity index (χ1n) is 4.85. The zero-order valence-corrected chi connectivity index (χ0v) is 10.5. The quantitative estimate of drug-likeness (QED) is 0.895. The molecule has 0 aliphatic heterocycles. The van der Waals surface area contributed by atoms with E-state index in [4.69, 9.17) is 0 Å². The van der Waals surface area contributed by atoms with Crippen LogP contribution in [0.2, 0.25) is 0 Å². The number of carbonyl (C=O) groups is 1. The average molecular weight is 298 g/mol. The van der Waals surface area contributed by atoms with Gasteiger partial charge in [-0.25, -0.2) is 4.39 Å². The predicted octanol–water partition coefficient (Wildman–Crippen LogP) is 2.87. The lowest BCUT2D eigenvalue weighted by Crippen LogP contribution is -2.15. The molecule has 0 atom stereocenters. The van der Waals surface area contributed by atoms with E-state index in [9.17, 15) is 9.18 Å². The Morgan fingerprint density at radius 1 is 1.53 bits per heavy atom. The fraction of sp³-hybridized carbons (Fsp3) is 0.0909. The Morgan fingerprint density at radius 3 is 2.88 bits per heavy atom. The molecular weight excluding hydrogens is 289 g/mol. The van der Waals surface area contributed by atoms with Crippen LogP contribution in [-0.2, 0) is 0 Å². The van der Waals surface area contributed by atoms with Crippen LogP contribution >= 0.6 is 15.9 Å². The number of anilines is 1. The van der Waals surface area contributed by atoms with Crippen molar-refractivity contribution in [3.05, 3.63) is 45.8 Å². The van der Waals surface area contributed by atoms with E-state index >= 15 is 0 Å². The second kappa shape index (κ2) is 4.67. The molecular formula is C11H9BrFN3O. The van der Waals surface area contributed by atoms with Gasteiger partial charge in [0.05, 0.1) is 11.8 Å². The van der Waals surface area contributed by atoms with Gasteiger partial charge in [-0.15, -0.1) is 0 Å². The minimum Gasteiger partial charge on any atom is -0.307 e. The van der Waals surface area contributed by atoms with Gasteiger partial charge in [-0.1, -0.05) is 6.07 Å². The Hall–Kier alpha value is -1.69.